The summed E-state index contributed by atoms with van der Waals surface area (Å²) in [6, 6.07) is 10.7. The van der Waals surface area contributed by atoms with Gasteiger partial charge in [0.25, 0.3) is 0 Å². The van der Waals surface area contributed by atoms with Gasteiger partial charge in [0.05, 0.1) is 6.10 Å². The third-order valence-corrected chi connectivity index (χ3v) is 3.97. The molecule has 110 valence electrons. The van der Waals surface area contributed by atoms with Gasteiger partial charge >= 0.3 is 0 Å². The molecule has 1 atom stereocenters. The van der Waals surface area contributed by atoms with E-state index in [0.29, 0.717) is 41.2 Å². The molecule has 2 aromatic carbocycles. The van der Waals surface area contributed by atoms with Gasteiger partial charge in [-0.1, -0.05) is 35.3 Å². The van der Waals surface area contributed by atoms with Gasteiger partial charge in [0, 0.05) is 16.5 Å². The van der Waals surface area contributed by atoms with Crippen LogP contribution in [0.5, 0.6) is 11.5 Å². The maximum Gasteiger partial charge on any atom is 0.161 e. The lowest BCUT2D eigenvalue weighted by atomic mass is 10.0. The van der Waals surface area contributed by atoms with E-state index in [-0.39, 0.29) is 0 Å². The second-order valence-electron chi connectivity index (χ2n) is 4.86. The highest BCUT2D eigenvalue weighted by atomic mass is 35.5. The van der Waals surface area contributed by atoms with Crippen molar-refractivity contribution >= 4 is 23.2 Å². The Labute approximate surface area is 133 Å². The van der Waals surface area contributed by atoms with Gasteiger partial charge in [-0.05, 0) is 35.4 Å². The van der Waals surface area contributed by atoms with Crippen molar-refractivity contribution in [2.75, 3.05) is 13.2 Å². The normalized spacial score (nSPS) is 14.8. The van der Waals surface area contributed by atoms with Crippen LogP contribution in [0.25, 0.3) is 0 Å². The van der Waals surface area contributed by atoms with E-state index in [0.717, 1.165) is 11.1 Å². The average Bonchev–Trinajstić information content (AvgIpc) is 2.49. The first kappa shape index (κ1) is 14.5. The van der Waals surface area contributed by atoms with Crippen molar-refractivity contribution in [3.05, 3.63) is 57.6 Å². The standard InChI is InChI=1S/C16H14Cl2O3/c17-12-3-1-10(13(18)9-12)7-14(19)11-2-4-15-16(8-11)21-6-5-20-15/h1-4,8-9,14,19H,5-7H2. The zero-order chi connectivity index (χ0) is 14.8. The van der Waals surface area contributed by atoms with Crippen LogP contribution in [0.3, 0.4) is 0 Å². The minimum absolute atomic E-state index is 0.412. The molecule has 0 bridgehead atoms. The van der Waals surface area contributed by atoms with Gasteiger partial charge in [-0.15, -0.1) is 0 Å². The highest BCUT2D eigenvalue weighted by Crippen LogP contribution is 2.34. The first-order chi connectivity index (χ1) is 10.1. The molecule has 0 spiro atoms. The summed E-state index contributed by atoms with van der Waals surface area (Å²) in [5, 5.41) is 11.5. The Bertz CT molecular complexity index is 658. The number of hydrogen-bond acceptors (Lipinski definition) is 3. The summed E-state index contributed by atoms with van der Waals surface area (Å²) in [5.41, 5.74) is 1.62. The molecular weight excluding hydrogens is 311 g/mol. The molecule has 0 saturated heterocycles. The summed E-state index contributed by atoms with van der Waals surface area (Å²) in [6.07, 6.45) is -0.255. The van der Waals surface area contributed by atoms with Gasteiger partial charge in [-0.25, -0.2) is 0 Å². The molecule has 2 aromatic rings. The van der Waals surface area contributed by atoms with Crippen molar-refractivity contribution < 1.29 is 14.6 Å². The Morgan fingerprint density at radius 3 is 2.52 bits per heavy atom. The topological polar surface area (TPSA) is 38.7 Å². The van der Waals surface area contributed by atoms with Crippen LogP contribution in [0.1, 0.15) is 17.2 Å². The van der Waals surface area contributed by atoms with Crippen molar-refractivity contribution in [2.24, 2.45) is 0 Å². The number of aliphatic hydroxyl groups excluding tert-OH is 1. The fourth-order valence-corrected chi connectivity index (χ4v) is 2.77. The molecule has 1 heterocycles. The minimum Gasteiger partial charge on any atom is -0.486 e. The number of benzene rings is 2. The van der Waals surface area contributed by atoms with Crippen molar-refractivity contribution in [3.63, 3.8) is 0 Å². The summed E-state index contributed by atoms with van der Waals surface area (Å²) in [7, 11) is 0. The molecule has 3 nitrogen and oxygen atoms in total. The molecule has 1 aliphatic rings. The molecule has 1 aliphatic heterocycles. The van der Waals surface area contributed by atoms with E-state index in [1.54, 1.807) is 12.1 Å². The van der Waals surface area contributed by atoms with E-state index in [2.05, 4.69) is 0 Å². The SMILES string of the molecule is OC(Cc1ccc(Cl)cc1Cl)c1ccc2c(c1)OCCO2. The molecule has 1 N–H and O–H groups in total. The second kappa shape index (κ2) is 6.14. The Balaban J connectivity index is 1.80. The summed E-state index contributed by atoms with van der Waals surface area (Å²) < 4.78 is 11.0. The van der Waals surface area contributed by atoms with E-state index >= 15 is 0 Å². The lowest BCUT2D eigenvalue weighted by Crippen LogP contribution is -2.15. The number of rotatable bonds is 3. The molecule has 0 radical (unpaired) electrons. The van der Waals surface area contributed by atoms with E-state index in [4.69, 9.17) is 32.7 Å². The molecule has 0 aromatic heterocycles. The van der Waals surface area contributed by atoms with E-state index in [1.807, 2.05) is 24.3 Å². The average molecular weight is 325 g/mol. The fraction of sp³-hybridized carbons (Fsp3) is 0.250. The Morgan fingerprint density at radius 2 is 1.76 bits per heavy atom. The molecule has 0 aliphatic carbocycles. The van der Waals surface area contributed by atoms with Crippen LogP contribution in [0.2, 0.25) is 10.0 Å². The Morgan fingerprint density at radius 1 is 1.00 bits per heavy atom. The zero-order valence-corrected chi connectivity index (χ0v) is 12.7. The molecule has 21 heavy (non-hydrogen) atoms. The highest BCUT2D eigenvalue weighted by Gasteiger charge is 2.16. The van der Waals surface area contributed by atoms with Gasteiger partial charge in [0.2, 0.25) is 0 Å². The maximum absolute atomic E-state index is 10.4. The highest BCUT2D eigenvalue weighted by molar-refractivity contribution is 6.35. The van der Waals surface area contributed by atoms with Crippen molar-refractivity contribution in [1.29, 1.82) is 0 Å². The summed E-state index contributed by atoms with van der Waals surface area (Å²) in [4.78, 5) is 0. The molecule has 3 rings (SSSR count). The molecule has 0 fully saturated rings. The third kappa shape index (κ3) is 3.26. The van der Waals surface area contributed by atoms with Gasteiger partial charge in [0.15, 0.2) is 11.5 Å². The number of halogens is 2. The molecular formula is C16H14Cl2O3. The zero-order valence-electron chi connectivity index (χ0n) is 11.2. The van der Waals surface area contributed by atoms with Gasteiger partial charge in [0.1, 0.15) is 13.2 Å². The Hall–Kier alpha value is -1.42. The van der Waals surface area contributed by atoms with E-state index in [9.17, 15) is 5.11 Å². The minimum atomic E-state index is -0.667. The number of hydrogen-bond donors (Lipinski definition) is 1. The first-order valence-electron chi connectivity index (χ1n) is 6.65. The largest absolute Gasteiger partial charge is 0.486 e. The van der Waals surface area contributed by atoms with Gasteiger partial charge < -0.3 is 14.6 Å². The van der Waals surface area contributed by atoms with E-state index < -0.39 is 6.10 Å². The number of fused-ring (bicyclic) bond motifs is 1. The first-order valence-corrected chi connectivity index (χ1v) is 7.40. The molecule has 0 amide bonds. The van der Waals surface area contributed by atoms with Crippen molar-refractivity contribution in [2.45, 2.75) is 12.5 Å². The van der Waals surface area contributed by atoms with Crippen LogP contribution in [-0.2, 0) is 6.42 Å². The monoisotopic (exact) mass is 324 g/mol. The van der Waals surface area contributed by atoms with Gasteiger partial charge in [-0.2, -0.15) is 0 Å². The maximum atomic E-state index is 10.4. The van der Waals surface area contributed by atoms with Crippen LogP contribution in [0.15, 0.2) is 36.4 Å². The van der Waals surface area contributed by atoms with Crippen LogP contribution < -0.4 is 9.47 Å². The molecule has 1 unspecified atom stereocenters. The summed E-state index contributed by atoms with van der Waals surface area (Å²) >= 11 is 12.0. The quantitative estimate of drug-likeness (QED) is 0.926. The Kier molecular flexibility index (Phi) is 4.24. The smallest absolute Gasteiger partial charge is 0.161 e. The van der Waals surface area contributed by atoms with Crippen LogP contribution in [0, 0.1) is 0 Å². The molecule has 5 heteroatoms. The van der Waals surface area contributed by atoms with Crippen molar-refractivity contribution in [3.8, 4) is 11.5 Å². The van der Waals surface area contributed by atoms with Crippen LogP contribution >= 0.6 is 23.2 Å². The third-order valence-electron chi connectivity index (χ3n) is 3.38. The number of ether oxygens (including phenoxy) is 2. The summed E-state index contributed by atoms with van der Waals surface area (Å²) in [5.74, 6) is 1.38. The van der Waals surface area contributed by atoms with Crippen LogP contribution in [0.4, 0.5) is 0 Å². The second-order valence-corrected chi connectivity index (χ2v) is 5.70. The lowest BCUT2D eigenvalue weighted by Gasteiger charge is -2.20. The van der Waals surface area contributed by atoms with Crippen molar-refractivity contribution in [1.82, 2.24) is 0 Å². The lowest BCUT2D eigenvalue weighted by molar-refractivity contribution is 0.164. The summed E-state index contributed by atoms with van der Waals surface area (Å²) in [6.45, 7) is 1.07. The van der Waals surface area contributed by atoms with E-state index in [1.165, 1.54) is 0 Å². The predicted octanol–water partition coefficient (Wildman–Crippen LogP) is 4.04. The van der Waals surface area contributed by atoms with Gasteiger partial charge in [-0.3, -0.25) is 0 Å². The molecule has 0 saturated carbocycles. The number of aliphatic hydroxyl groups is 1. The fourth-order valence-electron chi connectivity index (χ4n) is 2.28. The predicted molar refractivity (Wildman–Crippen MR) is 82.6 cm³/mol. The van der Waals surface area contributed by atoms with Crippen LogP contribution in [-0.4, -0.2) is 18.3 Å².